The predicted octanol–water partition coefficient (Wildman–Crippen LogP) is 4.16. The molecule has 0 radical (unpaired) electrons. The highest BCUT2D eigenvalue weighted by Gasteiger charge is 2.12. The maximum Gasteiger partial charge on any atom is 0.336 e. The first-order valence-electron chi connectivity index (χ1n) is 7.11. The van der Waals surface area contributed by atoms with Crippen LogP contribution >= 0.6 is 0 Å². The normalized spacial score (nSPS) is 10.7. The van der Waals surface area contributed by atoms with E-state index >= 15 is 0 Å². The Morgan fingerprint density at radius 2 is 1.80 bits per heavy atom. The van der Waals surface area contributed by atoms with Crippen LogP contribution < -0.4 is 4.90 Å². The van der Waals surface area contributed by atoms with Crippen LogP contribution in [0, 0.1) is 0 Å². The molecule has 0 heterocycles. The van der Waals surface area contributed by atoms with Crippen LogP contribution in [0.15, 0.2) is 36.4 Å². The van der Waals surface area contributed by atoms with Gasteiger partial charge in [-0.25, -0.2) is 4.79 Å². The van der Waals surface area contributed by atoms with Gasteiger partial charge in [-0.3, -0.25) is 0 Å². The quantitative estimate of drug-likeness (QED) is 0.802. The van der Waals surface area contributed by atoms with Crippen molar-refractivity contribution in [1.29, 1.82) is 0 Å². The Labute approximate surface area is 119 Å². The number of fused-ring (bicyclic) bond motifs is 1. The van der Waals surface area contributed by atoms with Crippen LogP contribution in [0.25, 0.3) is 10.8 Å². The Hall–Kier alpha value is -2.03. The minimum Gasteiger partial charge on any atom is -0.478 e. The molecule has 0 aromatic heterocycles. The maximum atomic E-state index is 11.3. The van der Waals surface area contributed by atoms with Gasteiger partial charge in [-0.15, -0.1) is 0 Å². The van der Waals surface area contributed by atoms with Crippen molar-refractivity contribution in [2.24, 2.45) is 0 Å². The molecule has 0 atom stereocenters. The van der Waals surface area contributed by atoms with Crippen LogP contribution in [0.1, 0.15) is 36.5 Å². The largest absolute Gasteiger partial charge is 0.478 e. The lowest BCUT2D eigenvalue weighted by Crippen LogP contribution is -2.19. The van der Waals surface area contributed by atoms with Crippen LogP contribution in [0.2, 0.25) is 0 Å². The minimum absolute atomic E-state index is 0.367. The molecule has 3 nitrogen and oxygen atoms in total. The molecule has 106 valence electrons. The molecule has 2 rings (SSSR count). The van der Waals surface area contributed by atoms with E-state index in [1.807, 2.05) is 30.3 Å². The molecule has 2 aromatic rings. The number of anilines is 1. The third kappa shape index (κ3) is 2.93. The fraction of sp³-hybridized carbons (Fsp3) is 0.353. The number of hydrogen-bond donors (Lipinski definition) is 1. The molecule has 20 heavy (non-hydrogen) atoms. The molecular formula is C17H21NO2. The number of hydrogen-bond acceptors (Lipinski definition) is 2. The van der Waals surface area contributed by atoms with Crippen molar-refractivity contribution in [3.8, 4) is 0 Å². The monoisotopic (exact) mass is 271 g/mol. The molecule has 0 unspecified atom stereocenters. The highest BCUT2D eigenvalue weighted by atomic mass is 16.4. The zero-order valence-electron chi connectivity index (χ0n) is 12.1. The van der Waals surface area contributed by atoms with Crippen LogP contribution in [0.3, 0.4) is 0 Å². The van der Waals surface area contributed by atoms with E-state index in [0.29, 0.717) is 5.56 Å². The van der Waals surface area contributed by atoms with Crippen molar-refractivity contribution < 1.29 is 9.90 Å². The van der Waals surface area contributed by atoms with E-state index in [1.165, 1.54) is 12.8 Å². The number of benzene rings is 2. The van der Waals surface area contributed by atoms with E-state index in [-0.39, 0.29) is 0 Å². The summed E-state index contributed by atoms with van der Waals surface area (Å²) in [7, 11) is 2.07. The second-order valence-electron chi connectivity index (χ2n) is 5.11. The zero-order chi connectivity index (χ0) is 14.5. The third-order valence-corrected chi connectivity index (χ3v) is 3.64. The summed E-state index contributed by atoms with van der Waals surface area (Å²) >= 11 is 0. The Morgan fingerprint density at radius 1 is 1.10 bits per heavy atom. The van der Waals surface area contributed by atoms with Crippen LogP contribution in [0.5, 0.6) is 0 Å². The van der Waals surface area contributed by atoms with Gasteiger partial charge in [-0.05, 0) is 23.9 Å². The van der Waals surface area contributed by atoms with Gasteiger partial charge in [-0.1, -0.05) is 44.0 Å². The first kappa shape index (κ1) is 14.4. The van der Waals surface area contributed by atoms with Crippen molar-refractivity contribution in [1.82, 2.24) is 0 Å². The van der Waals surface area contributed by atoms with E-state index in [2.05, 4.69) is 18.9 Å². The van der Waals surface area contributed by atoms with Gasteiger partial charge in [0, 0.05) is 24.7 Å². The van der Waals surface area contributed by atoms with E-state index in [1.54, 1.807) is 6.07 Å². The molecular weight excluding hydrogens is 250 g/mol. The second kappa shape index (κ2) is 6.42. The van der Waals surface area contributed by atoms with Gasteiger partial charge >= 0.3 is 5.97 Å². The Bertz CT molecular complexity index is 607. The summed E-state index contributed by atoms with van der Waals surface area (Å²) in [4.78, 5) is 13.5. The van der Waals surface area contributed by atoms with E-state index in [9.17, 15) is 9.90 Å². The van der Waals surface area contributed by atoms with Gasteiger partial charge in [0.15, 0.2) is 0 Å². The Morgan fingerprint density at radius 3 is 2.45 bits per heavy atom. The van der Waals surface area contributed by atoms with Crippen molar-refractivity contribution in [3.63, 3.8) is 0 Å². The highest BCUT2D eigenvalue weighted by Crippen LogP contribution is 2.29. The van der Waals surface area contributed by atoms with Crippen molar-refractivity contribution in [2.75, 3.05) is 18.5 Å². The number of carboxylic acid groups (broad SMARTS) is 1. The molecule has 0 fully saturated rings. The van der Waals surface area contributed by atoms with Crippen molar-refractivity contribution >= 4 is 22.4 Å². The lowest BCUT2D eigenvalue weighted by Gasteiger charge is -2.21. The molecule has 0 saturated heterocycles. The van der Waals surface area contributed by atoms with Gasteiger partial charge in [0.05, 0.1) is 5.56 Å². The number of carbonyl (C=O) groups is 1. The smallest absolute Gasteiger partial charge is 0.336 e. The molecule has 0 saturated carbocycles. The molecule has 0 spiro atoms. The fourth-order valence-electron chi connectivity index (χ4n) is 2.52. The average Bonchev–Trinajstić information content (AvgIpc) is 2.46. The van der Waals surface area contributed by atoms with Crippen LogP contribution in [-0.4, -0.2) is 24.7 Å². The maximum absolute atomic E-state index is 11.3. The molecule has 2 aromatic carbocycles. The highest BCUT2D eigenvalue weighted by molar-refractivity contribution is 6.07. The van der Waals surface area contributed by atoms with Crippen LogP contribution in [0.4, 0.5) is 5.69 Å². The first-order valence-corrected chi connectivity index (χ1v) is 7.11. The summed E-state index contributed by atoms with van der Waals surface area (Å²) in [5.41, 5.74) is 1.47. The van der Waals surface area contributed by atoms with Gasteiger partial charge in [0.1, 0.15) is 0 Å². The summed E-state index contributed by atoms with van der Waals surface area (Å²) in [5.74, 6) is -0.874. The van der Waals surface area contributed by atoms with E-state index < -0.39 is 5.97 Å². The Kier molecular flexibility index (Phi) is 4.61. The molecule has 0 aliphatic heterocycles. The summed E-state index contributed by atoms with van der Waals surface area (Å²) in [5, 5.41) is 11.1. The van der Waals surface area contributed by atoms with E-state index in [4.69, 9.17) is 0 Å². The predicted molar refractivity (Wildman–Crippen MR) is 83.7 cm³/mol. The number of unbranched alkanes of at least 4 members (excludes halogenated alkanes) is 2. The summed E-state index contributed by atoms with van der Waals surface area (Å²) < 4.78 is 0. The fourth-order valence-corrected chi connectivity index (χ4v) is 2.52. The van der Waals surface area contributed by atoms with Crippen LogP contribution in [-0.2, 0) is 0 Å². The molecule has 0 bridgehead atoms. The summed E-state index contributed by atoms with van der Waals surface area (Å²) in [6, 6.07) is 11.3. The molecule has 0 aliphatic carbocycles. The summed E-state index contributed by atoms with van der Waals surface area (Å²) in [6.07, 6.45) is 3.57. The van der Waals surface area contributed by atoms with Gasteiger partial charge in [0.25, 0.3) is 0 Å². The minimum atomic E-state index is -0.874. The van der Waals surface area contributed by atoms with Gasteiger partial charge in [0.2, 0.25) is 0 Å². The standard InChI is InChI=1S/C17H21NO2/c1-3-4-7-12-18(2)16-11-10-15(17(19)20)13-8-5-6-9-14(13)16/h5-6,8-11H,3-4,7,12H2,1-2H3,(H,19,20). The molecule has 1 N–H and O–H groups in total. The molecule has 0 amide bonds. The zero-order valence-corrected chi connectivity index (χ0v) is 12.1. The lowest BCUT2D eigenvalue weighted by atomic mass is 10.0. The average molecular weight is 271 g/mol. The molecule has 3 heteroatoms. The number of nitrogens with zero attached hydrogens (tertiary/aromatic N) is 1. The number of aromatic carboxylic acids is 1. The summed E-state index contributed by atoms with van der Waals surface area (Å²) in [6.45, 7) is 3.18. The number of rotatable bonds is 6. The number of carboxylic acids is 1. The third-order valence-electron chi connectivity index (χ3n) is 3.64. The SMILES string of the molecule is CCCCCN(C)c1ccc(C(=O)O)c2ccccc12. The van der Waals surface area contributed by atoms with Gasteiger partial charge in [-0.2, -0.15) is 0 Å². The van der Waals surface area contributed by atoms with Gasteiger partial charge < -0.3 is 10.0 Å². The first-order chi connectivity index (χ1) is 9.65. The topological polar surface area (TPSA) is 40.5 Å². The lowest BCUT2D eigenvalue weighted by molar-refractivity contribution is 0.0699. The van der Waals surface area contributed by atoms with E-state index in [0.717, 1.165) is 29.4 Å². The van der Waals surface area contributed by atoms with Crippen molar-refractivity contribution in [2.45, 2.75) is 26.2 Å². The Balaban J connectivity index is 2.40. The molecule has 0 aliphatic rings. The van der Waals surface area contributed by atoms with Crippen molar-refractivity contribution in [3.05, 3.63) is 42.0 Å². The second-order valence-corrected chi connectivity index (χ2v) is 5.11.